The molecule has 0 spiro atoms. The van der Waals surface area contributed by atoms with E-state index in [1.165, 1.54) is 0 Å². The smallest absolute Gasteiger partial charge is 0.160 e. The Morgan fingerprint density at radius 1 is 1.28 bits per heavy atom. The van der Waals surface area contributed by atoms with Gasteiger partial charge in [-0.05, 0) is 31.1 Å². The van der Waals surface area contributed by atoms with Gasteiger partial charge in [0, 0.05) is 29.6 Å². The second kappa shape index (κ2) is 3.98. The molecule has 0 radical (unpaired) electrons. The zero-order chi connectivity index (χ0) is 12.7. The maximum atomic E-state index is 12.0. The number of likely N-dealkylation sites (N-methyl/N-ethyl adjacent to an activating group) is 1. The van der Waals surface area contributed by atoms with Crippen LogP contribution in [0.3, 0.4) is 0 Å². The quantitative estimate of drug-likeness (QED) is 0.746. The first-order valence-corrected chi connectivity index (χ1v) is 6.14. The second-order valence-corrected chi connectivity index (χ2v) is 4.67. The van der Waals surface area contributed by atoms with Gasteiger partial charge in [-0.25, -0.2) is 0 Å². The molecule has 0 N–H and O–H groups in total. The van der Waals surface area contributed by atoms with Crippen LogP contribution >= 0.6 is 0 Å². The van der Waals surface area contributed by atoms with Gasteiger partial charge in [-0.2, -0.15) is 0 Å². The van der Waals surface area contributed by atoms with E-state index in [1.807, 2.05) is 18.2 Å². The van der Waals surface area contributed by atoms with E-state index in [2.05, 4.69) is 36.2 Å². The Kier molecular flexibility index (Phi) is 2.44. The van der Waals surface area contributed by atoms with Crippen molar-refractivity contribution in [2.75, 3.05) is 11.9 Å². The minimum atomic E-state index is 0.145. The Hall–Kier alpha value is -2.09. The van der Waals surface area contributed by atoms with Crippen molar-refractivity contribution in [2.24, 2.45) is 0 Å². The number of Topliss-reactive ketones (excluding diaryl/α,β-unsaturated/α-hetero) is 1. The van der Waals surface area contributed by atoms with Crippen molar-refractivity contribution in [3.8, 4) is 0 Å². The van der Waals surface area contributed by atoms with Crippen LogP contribution in [0, 0.1) is 0 Å². The molecule has 0 saturated carbocycles. The van der Waals surface area contributed by atoms with Crippen LogP contribution in [0.2, 0.25) is 0 Å². The number of carbonyl (C=O) groups excluding carboxylic acids is 1. The molecule has 0 fully saturated rings. The molecule has 0 bridgehead atoms. The van der Waals surface area contributed by atoms with Crippen molar-refractivity contribution >= 4 is 17.0 Å². The minimum absolute atomic E-state index is 0.145. The first-order chi connectivity index (χ1) is 8.70. The molecule has 1 aromatic rings. The highest BCUT2D eigenvalue weighted by atomic mass is 16.1. The monoisotopic (exact) mass is 237 g/mol. The molecule has 18 heavy (non-hydrogen) atoms. The van der Waals surface area contributed by atoms with Crippen molar-refractivity contribution in [3.05, 3.63) is 59.3 Å². The summed E-state index contributed by atoms with van der Waals surface area (Å²) >= 11 is 0. The van der Waals surface area contributed by atoms with E-state index < -0.39 is 0 Å². The van der Waals surface area contributed by atoms with Gasteiger partial charge in [-0.15, -0.1) is 0 Å². The van der Waals surface area contributed by atoms with E-state index in [1.54, 1.807) is 6.92 Å². The number of ketones is 1. The number of hydrogen-bond donors (Lipinski definition) is 0. The Bertz CT molecular complexity index is 620. The van der Waals surface area contributed by atoms with E-state index >= 15 is 0 Å². The Balaban J connectivity index is 2.34. The fourth-order valence-electron chi connectivity index (χ4n) is 2.77. The van der Waals surface area contributed by atoms with Gasteiger partial charge in [0.1, 0.15) is 0 Å². The SMILES string of the molecule is CC(=O)C1=C2CC=CC=C2N(C)c2ccccc21. The molecule has 1 heterocycles. The topological polar surface area (TPSA) is 20.3 Å². The average molecular weight is 237 g/mol. The number of benzene rings is 1. The van der Waals surface area contributed by atoms with Crippen molar-refractivity contribution in [2.45, 2.75) is 13.3 Å². The van der Waals surface area contributed by atoms with Crippen LogP contribution in [-0.2, 0) is 4.79 Å². The normalized spacial score (nSPS) is 17.2. The number of carbonyl (C=O) groups is 1. The molecule has 1 aromatic carbocycles. The van der Waals surface area contributed by atoms with Crippen molar-refractivity contribution in [3.63, 3.8) is 0 Å². The third-order valence-corrected chi connectivity index (χ3v) is 3.57. The van der Waals surface area contributed by atoms with E-state index in [9.17, 15) is 4.79 Å². The highest BCUT2D eigenvalue weighted by Gasteiger charge is 2.28. The van der Waals surface area contributed by atoms with Crippen molar-refractivity contribution in [1.82, 2.24) is 0 Å². The summed E-state index contributed by atoms with van der Waals surface area (Å²) in [4.78, 5) is 14.2. The van der Waals surface area contributed by atoms with E-state index in [0.717, 1.165) is 34.5 Å². The number of hydrogen-bond acceptors (Lipinski definition) is 2. The van der Waals surface area contributed by atoms with Crippen LogP contribution in [0.25, 0.3) is 5.57 Å². The molecule has 2 aliphatic rings. The predicted molar refractivity (Wildman–Crippen MR) is 74.3 cm³/mol. The predicted octanol–water partition coefficient (Wildman–Crippen LogP) is 3.32. The lowest BCUT2D eigenvalue weighted by atomic mass is 9.86. The number of rotatable bonds is 1. The summed E-state index contributed by atoms with van der Waals surface area (Å²) in [6.45, 7) is 1.65. The summed E-state index contributed by atoms with van der Waals surface area (Å²) in [5.74, 6) is 0.145. The van der Waals surface area contributed by atoms with Gasteiger partial charge in [-0.1, -0.05) is 30.4 Å². The van der Waals surface area contributed by atoms with Gasteiger partial charge in [0.25, 0.3) is 0 Å². The molecular weight excluding hydrogens is 222 g/mol. The summed E-state index contributed by atoms with van der Waals surface area (Å²) in [7, 11) is 2.06. The molecule has 1 aliphatic carbocycles. The molecular formula is C16H15NO. The van der Waals surface area contributed by atoms with Gasteiger partial charge < -0.3 is 4.90 Å². The van der Waals surface area contributed by atoms with Gasteiger partial charge >= 0.3 is 0 Å². The maximum absolute atomic E-state index is 12.0. The first kappa shape index (κ1) is 11.0. The lowest BCUT2D eigenvalue weighted by Gasteiger charge is -2.34. The molecule has 90 valence electrons. The third kappa shape index (κ3) is 1.46. The Morgan fingerprint density at radius 3 is 2.83 bits per heavy atom. The second-order valence-electron chi connectivity index (χ2n) is 4.67. The third-order valence-electron chi connectivity index (χ3n) is 3.57. The van der Waals surface area contributed by atoms with Gasteiger partial charge in [0.2, 0.25) is 0 Å². The summed E-state index contributed by atoms with van der Waals surface area (Å²) in [5.41, 5.74) is 5.31. The van der Waals surface area contributed by atoms with E-state index in [4.69, 9.17) is 0 Å². The van der Waals surface area contributed by atoms with Gasteiger partial charge in [0.15, 0.2) is 5.78 Å². The zero-order valence-electron chi connectivity index (χ0n) is 10.6. The highest BCUT2D eigenvalue weighted by molar-refractivity contribution is 6.23. The number of nitrogens with zero attached hydrogens (tertiary/aromatic N) is 1. The molecule has 0 amide bonds. The van der Waals surface area contributed by atoms with E-state index in [-0.39, 0.29) is 5.78 Å². The number of anilines is 1. The fourth-order valence-corrected chi connectivity index (χ4v) is 2.77. The molecule has 0 unspecified atom stereocenters. The molecule has 0 saturated heterocycles. The zero-order valence-corrected chi connectivity index (χ0v) is 10.6. The minimum Gasteiger partial charge on any atom is -0.344 e. The fraction of sp³-hybridized carbons (Fsp3) is 0.188. The Labute approximate surface area is 107 Å². The van der Waals surface area contributed by atoms with Crippen LogP contribution in [-0.4, -0.2) is 12.8 Å². The van der Waals surface area contributed by atoms with Crippen molar-refractivity contribution in [1.29, 1.82) is 0 Å². The number of fused-ring (bicyclic) bond motifs is 2. The molecule has 1 aliphatic heterocycles. The summed E-state index contributed by atoms with van der Waals surface area (Å²) < 4.78 is 0. The lowest BCUT2D eigenvalue weighted by Crippen LogP contribution is -2.26. The summed E-state index contributed by atoms with van der Waals surface area (Å²) in [6, 6.07) is 8.10. The standard InChI is InChI=1S/C16H15NO/c1-11(18)16-12-7-3-5-9-14(12)17(2)15-10-6-4-8-13(15)16/h3-7,9-10H,8H2,1-2H3. The van der Waals surface area contributed by atoms with Gasteiger partial charge in [-0.3, -0.25) is 4.79 Å². The average Bonchev–Trinajstić information content (AvgIpc) is 2.39. The van der Waals surface area contributed by atoms with Crippen LogP contribution in [0.1, 0.15) is 18.9 Å². The lowest BCUT2D eigenvalue weighted by molar-refractivity contribution is -0.111. The molecule has 0 aromatic heterocycles. The molecule has 2 heteroatoms. The van der Waals surface area contributed by atoms with Gasteiger partial charge in [0.05, 0.1) is 0 Å². The van der Waals surface area contributed by atoms with Crippen LogP contribution < -0.4 is 4.90 Å². The van der Waals surface area contributed by atoms with Crippen LogP contribution in [0.15, 0.2) is 53.8 Å². The molecule has 3 rings (SSSR count). The summed E-state index contributed by atoms with van der Waals surface area (Å²) in [5, 5.41) is 0. The maximum Gasteiger partial charge on any atom is 0.160 e. The number of allylic oxidation sites excluding steroid dienone is 5. The molecule has 2 nitrogen and oxygen atoms in total. The van der Waals surface area contributed by atoms with Crippen molar-refractivity contribution < 1.29 is 4.79 Å². The molecule has 0 atom stereocenters. The number of para-hydroxylation sites is 1. The highest BCUT2D eigenvalue weighted by Crippen LogP contribution is 2.41. The first-order valence-electron chi connectivity index (χ1n) is 6.14. The Morgan fingerprint density at radius 2 is 2.06 bits per heavy atom. The van der Waals surface area contributed by atoms with E-state index in [0.29, 0.717) is 0 Å². The largest absolute Gasteiger partial charge is 0.344 e. The van der Waals surface area contributed by atoms with Crippen LogP contribution in [0.4, 0.5) is 5.69 Å². The summed E-state index contributed by atoms with van der Waals surface area (Å²) in [6.07, 6.45) is 7.07. The van der Waals surface area contributed by atoms with Crippen LogP contribution in [0.5, 0.6) is 0 Å².